The van der Waals surface area contributed by atoms with Crippen LogP contribution < -0.4 is 9.46 Å². The number of nitrogens with one attached hydrogen (secondary N) is 1. The molecule has 0 saturated heterocycles. The van der Waals surface area contributed by atoms with Crippen molar-refractivity contribution in [3.05, 3.63) is 23.8 Å². The third-order valence-corrected chi connectivity index (χ3v) is 7.84. The fourth-order valence-electron chi connectivity index (χ4n) is 4.77. The predicted molar refractivity (Wildman–Crippen MR) is 161 cm³/mol. The number of rotatable bonds is 10. The van der Waals surface area contributed by atoms with Crippen LogP contribution in [-0.4, -0.2) is 119 Å². The van der Waals surface area contributed by atoms with E-state index in [1.165, 1.54) is 6.07 Å². The molecule has 2 rings (SSSR count). The van der Waals surface area contributed by atoms with Crippen molar-refractivity contribution < 1.29 is 32.6 Å². The number of carbonyl (C=O) groups excluding carboxylic acids is 2. The van der Waals surface area contributed by atoms with Gasteiger partial charge in [0.1, 0.15) is 5.75 Å². The molecule has 12 heteroatoms. The van der Waals surface area contributed by atoms with Crippen molar-refractivity contribution in [2.75, 3.05) is 65.0 Å². The van der Waals surface area contributed by atoms with Gasteiger partial charge in [-0.15, -0.1) is 0 Å². The fraction of sp³-hybridized carbons (Fsp3) is 0.724. The molecule has 0 bridgehead atoms. The Hall–Kier alpha value is -2.41. The molecule has 11 nitrogen and oxygen atoms in total. The lowest BCUT2D eigenvalue weighted by atomic mass is 10.0. The second kappa shape index (κ2) is 16.3. The molecule has 1 aromatic carbocycles. The molecule has 0 saturated carbocycles. The van der Waals surface area contributed by atoms with E-state index in [9.17, 15) is 23.1 Å². The van der Waals surface area contributed by atoms with Crippen molar-refractivity contribution in [2.45, 2.75) is 71.1 Å². The van der Waals surface area contributed by atoms with E-state index in [4.69, 9.17) is 9.47 Å². The summed E-state index contributed by atoms with van der Waals surface area (Å²) in [5, 5.41) is 10.1. The van der Waals surface area contributed by atoms with Gasteiger partial charge in [0.25, 0.3) is 5.91 Å². The third kappa shape index (κ3) is 11.8. The van der Waals surface area contributed by atoms with Crippen molar-refractivity contribution in [1.82, 2.24) is 14.7 Å². The minimum absolute atomic E-state index is 0.0459. The molecule has 234 valence electrons. The number of sulfonamides is 1. The molecule has 0 aromatic heterocycles. The van der Waals surface area contributed by atoms with Crippen LogP contribution >= 0.6 is 0 Å². The van der Waals surface area contributed by atoms with Crippen molar-refractivity contribution in [3.63, 3.8) is 0 Å². The number of ether oxygens (including phenoxy) is 2. The van der Waals surface area contributed by atoms with Gasteiger partial charge in [0.15, 0.2) is 0 Å². The second-order valence-electron chi connectivity index (χ2n) is 11.6. The Labute approximate surface area is 246 Å². The maximum Gasteiger partial charge on any atom is 0.258 e. The lowest BCUT2D eigenvalue weighted by Gasteiger charge is -2.36. The molecular weight excluding hydrogens is 548 g/mol. The highest BCUT2D eigenvalue weighted by molar-refractivity contribution is 7.92. The topological polar surface area (TPSA) is 129 Å². The SMILES string of the molecule is C[C@H]1CCCCO[C@@H](CN(C)C(=O)CCCN(C)C)[C@@H](C)CN([C@@H](C)CO)C(=O)c2cc(NS(C)(=O)=O)ccc2O1. The van der Waals surface area contributed by atoms with E-state index >= 15 is 0 Å². The molecule has 1 aliphatic rings. The average molecular weight is 599 g/mol. The Morgan fingerprint density at radius 2 is 1.93 bits per heavy atom. The number of aliphatic hydroxyl groups excluding tert-OH is 1. The van der Waals surface area contributed by atoms with Gasteiger partial charge in [-0.1, -0.05) is 6.92 Å². The molecule has 2 amide bonds. The molecule has 2 N–H and O–H groups in total. The zero-order valence-corrected chi connectivity index (χ0v) is 26.6. The minimum Gasteiger partial charge on any atom is -0.490 e. The summed E-state index contributed by atoms with van der Waals surface area (Å²) in [6.07, 6.45) is 4.15. The number of hydrogen-bond acceptors (Lipinski definition) is 8. The van der Waals surface area contributed by atoms with E-state index in [-0.39, 0.29) is 54.3 Å². The summed E-state index contributed by atoms with van der Waals surface area (Å²) in [5.74, 6) is -0.156. The number of anilines is 1. The molecule has 1 aromatic rings. The van der Waals surface area contributed by atoms with Gasteiger partial charge in [0.05, 0.1) is 36.7 Å². The standard InChI is InChI=1S/C29H50N4O7S/c1-21-18-33(22(2)20-34)29(36)25-17-24(30-41(7,37)38)13-14-26(25)40-23(3)11-8-9-16-39-27(21)19-32(6)28(35)12-10-15-31(4)5/h13-14,17,21-23,27,30,34H,8-12,15-16,18-20H2,1-7H3/t21-,22-,23-,27-/m0/s1. The normalized spacial score (nSPS) is 21.9. The Morgan fingerprint density at radius 3 is 2.56 bits per heavy atom. The van der Waals surface area contributed by atoms with Crippen LogP contribution in [0.15, 0.2) is 18.2 Å². The van der Waals surface area contributed by atoms with Crippen molar-refractivity contribution >= 4 is 27.5 Å². The molecule has 4 atom stereocenters. The van der Waals surface area contributed by atoms with Crippen LogP contribution in [0.2, 0.25) is 0 Å². The van der Waals surface area contributed by atoms with Crippen molar-refractivity contribution in [2.24, 2.45) is 5.92 Å². The van der Waals surface area contributed by atoms with Crippen LogP contribution in [0.3, 0.4) is 0 Å². The summed E-state index contributed by atoms with van der Waals surface area (Å²) in [5.41, 5.74) is 0.456. The van der Waals surface area contributed by atoms with Gasteiger partial charge < -0.3 is 29.3 Å². The van der Waals surface area contributed by atoms with Crippen LogP contribution in [0, 0.1) is 5.92 Å². The maximum absolute atomic E-state index is 14.0. The zero-order valence-electron chi connectivity index (χ0n) is 25.8. The van der Waals surface area contributed by atoms with Gasteiger partial charge in [-0.3, -0.25) is 14.3 Å². The van der Waals surface area contributed by atoms with E-state index in [0.717, 1.165) is 38.5 Å². The summed E-state index contributed by atoms with van der Waals surface area (Å²) in [6, 6.07) is 4.13. The highest BCUT2D eigenvalue weighted by Crippen LogP contribution is 2.28. The van der Waals surface area contributed by atoms with Gasteiger partial charge in [0.2, 0.25) is 15.9 Å². The Kier molecular flexibility index (Phi) is 13.8. The highest BCUT2D eigenvalue weighted by Gasteiger charge is 2.31. The van der Waals surface area contributed by atoms with Crippen LogP contribution in [0.4, 0.5) is 5.69 Å². The Balaban J connectivity index is 2.39. The quantitative estimate of drug-likeness (QED) is 0.421. The van der Waals surface area contributed by atoms with E-state index in [2.05, 4.69) is 4.72 Å². The summed E-state index contributed by atoms with van der Waals surface area (Å²) in [7, 11) is 2.17. The van der Waals surface area contributed by atoms with Gasteiger partial charge in [-0.2, -0.15) is 0 Å². The molecule has 41 heavy (non-hydrogen) atoms. The molecule has 0 aliphatic carbocycles. The van der Waals surface area contributed by atoms with Crippen LogP contribution in [0.5, 0.6) is 5.75 Å². The predicted octanol–water partition coefficient (Wildman–Crippen LogP) is 2.65. The van der Waals surface area contributed by atoms with E-state index in [1.54, 1.807) is 35.9 Å². The van der Waals surface area contributed by atoms with E-state index in [0.29, 0.717) is 25.3 Å². The zero-order chi connectivity index (χ0) is 30.7. The number of aliphatic hydroxyl groups is 1. The summed E-state index contributed by atoms with van der Waals surface area (Å²) < 4.78 is 38.7. The molecule has 0 unspecified atom stereocenters. The molecule has 1 heterocycles. The number of likely N-dealkylation sites (N-methyl/N-ethyl adjacent to an activating group) is 1. The van der Waals surface area contributed by atoms with Crippen molar-refractivity contribution in [1.29, 1.82) is 0 Å². The third-order valence-electron chi connectivity index (χ3n) is 7.23. The lowest BCUT2D eigenvalue weighted by Crippen LogP contribution is -2.48. The minimum atomic E-state index is -3.57. The van der Waals surface area contributed by atoms with Crippen LogP contribution in [0.25, 0.3) is 0 Å². The van der Waals surface area contributed by atoms with Gasteiger partial charge in [0, 0.05) is 44.8 Å². The van der Waals surface area contributed by atoms with Gasteiger partial charge in [-0.25, -0.2) is 8.42 Å². The van der Waals surface area contributed by atoms with Crippen LogP contribution in [-0.2, 0) is 19.6 Å². The number of amides is 2. The number of hydrogen-bond donors (Lipinski definition) is 2. The van der Waals surface area contributed by atoms with Gasteiger partial charge >= 0.3 is 0 Å². The van der Waals surface area contributed by atoms with Crippen molar-refractivity contribution in [3.8, 4) is 5.75 Å². The first kappa shape index (κ1) is 34.8. The molecule has 0 radical (unpaired) electrons. The second-order valence-corrected chi connectivity index (χ2v) is 13.3. The first-order valence-corrected chi connectivity index (χ1v) is 16.3. The lowest BCUT2D eigenvalue weighted by molar-refractivity contribution is -0.132. The molecular formula is C29H50N4O7S. The largest absolute Gasteiger partial charge is 0.490 e. The Bertz CT molecular complexity index is 1100. The van der Waals surface area contributed by atoms with Crippen LogP contribution in [0.1, 0.15) is 63.2 Å². The Morgan fingerprint density at radius 1 is 1.22 bits per heavy atom. The number of benzene rings is 1. The summed E-state index contributed by atoms with van der Waals surface area (Å²) in [4.78, 5) is 32.2. The smallest absolute Gasteiger partial charge is 0.258 e. The first-order valence-electron chi connectivity index (χ1n) is 14.4. The first-order chi connectivity index (χ1) is 19.2. The number of fused-ring (bicyclic) bond motifs is 1. The number of nitrogens with zero attached hydrogens (tertiary/aromatic N) is 3. The highest BCUT2D eigenvalue weighted by atomic mass is 32.2. The van der Waals surface area contributed by atoms with E-state index < -0.39 is 16.1 Å². The molecule has 0 fully saturated rings. The van der Waals surface area contributed by atoms with Gasteiger partial charge in [-0.05, 0) is 78.4 Å². The summed E-state index contributed by atoms with van der Waals surface area (Å²) in [6.45, 7) is 7.39. The molecule has 0 spiro atoms. The molecule has 1 aliphatic heterocycles. The monoisotopic (exact) mass is 598 g/mol. The van der Waals surface area contributed by atoms with E-state index in [1.807, 2.05) is 32.8 Å². The fourth-order valence-corrected chi connectivity index (χ4v) is 5.33. The summed E-state index contributed by atoms with van der Waals surface area (Å²) >= 11 is 0. The average Bonchev–Trinajstić information content (AvgIpc) is 2.89. The number of carbonyl (C=O) groups is 2. The maximum atomic E-state index is 14.0.